The molecule has 0 saturated carbocycles. The Bertz CT molecular complexity index is 558. The fourth-order valence-electron chi connectivity index (χ4n) is 3.01. The lowest BCUT2D eigenvalue weighted by Crippen LogP contribution is -2.41. The van der Waals surface area contributed by atoms with Crippen LogP contribution in [0, 0.1) is 0 Å². The average Bonchev–Trinajstić information content (AvgIpc) is 3.12. The van der Waals surface area contributed by atoms with E-state index in [9.17, 15) is 1.37 Å². The SMILES string of the molecule is [2H][C@](CCc1ccccc1)(CC1OCCO1)B1OC(C)(C)C(C)(C)O1. The van der Waals surface area contributed by atoms with Crippen LogP contribution in [0.1, 0.15) is 47.5 Å². The van der Waals surface area contributed by atoms with Gasteiger partial charge in [-0.15, -0.1) is 0 Å². The molecular weight excluding hydrogens is 303 g/mol. The molecule has 0 unspecified atom stereocenters. The number of rotatable bonds is 6. The maximum Gasteiger partial charge on any atom is 0.461 e. The van der Waals surface area contributed by atoms with Crippen LogP contribution in [0.2, 0.25) is 5.79 Å². The zero-order valence-corrected chi connectivity index (χ0v) is 15.2. The van der Waals surface area contributed by atoms with Crippen molar-refractivity contribution in [2.24, 2.45) is 0 Å². The lowest BCUT2D eigenvalue weighted by atomic mass is 9.67. The van der Waals surface area contributed by atoms with E-state index in [4.69, 9.17) is 18.8 Å². The molecule has 1 atom stereocenters. The number of hydrogen-bond donors (Lipinski definition) is 0. The summed E-state index contributed by atoms with van der Waals surface area (Å²) in [6, 6.07) is 10.2. The molecule has 4 nitrogen and oxygen atoms in total. The third-order valence-corrected chi connectivity index (χ3v) is 5.28. The Labute approximate surface area is 147 Å². The highest BCUT2D eigenvalue weighted by Crippen LogP contribution is 2.42. The van der Waals surface area contributed by atoms with Gasteiger partial charge in [0.25, 0.3) is 0 Å². The second-order valence-electron chi connectivity index (χ2n) is 7.61. The predicted molar refractivity (Wildman–Crippen MR) is 94.9 cm³/mol. The molecule has 0 radical (unpaired) electrons. The largest absolute Gasteiger partial charge is 0.461 e. The van der Waals surface area contributed by atoms with E-state index in [2.05, 4.69) is 12.1 Å². The van der Waals surface area contributed by atoms with E-state index in [1.165, 1.54) is 5.56 Å². The van der Waals surface area contributed by atoms with Gasteiger partial charge in [-0.25, -0.2) is 0 Å². The summed E-state index contributed by atoms with van der Waals surface area (Å²) in [6.45, 7) is 9.26. The van der Waals surface area contributed by atoms with Gasteiger partial charge in [-0.1, -0.05) is 30.3 Å². The molecule has 2 fully saturated rings. The summed E-state index contributed by atoms with van der Waals surface area (Å²) >= 11 is 0. The van der Waals surface area contributed by atoms with E-state index in [0.29, 0.717) is 26.1 Å². The molecule has 132 valence electrons. The van der Waals surface area contributed by atoms with E-state index >= 15 is 0 Å². The van der Waals surface area contributed by atoms with E-state index in [1.54, 1.807) is 0 Å². The highest BCUT2D eigenvalue weighted by atomic mass is 16.7. The summed E-state index contributed by atoms with van der Waals surface area (Å²) in [5.41, 5.74) is 0.311. The van der Waals surface area contributed by atoms with Crippen molar-refractivity contribution in [3.8, 4) is 0 Å². The van der Waals surface area contributed by atoms with Gasteiger partial charge >= 0.3 is 7.12 Å². The maximum absolute atomic E-state index is 9.18. The average molecular weight is 333 g/mol. The maximum atomic E-state index is 9.18. The first-order valence-electron chi connectivity index (χ1n) is 9.35. The van der Waals surface area contributed by atoms with Gasteiger partial charge in [0.05, 0.1) is 24.4 Å². The molecule has 5 heteroatoms. The van der Waals surface area contributed by atoms with E-state index < -0.39 is 24.1 Å². The zero-order valence-electron chi connectivity index (χ0n) is 16.2. The van der Waals surface area contributed by atoms with Gasteiger partial charge in [-0.3, -0.25) is 0 Å². The highest BCUT2D eigenvalue weighted by Gasteiger charge is 2.53. The molecule has 0 N–H and O–H groups in total. The molecule has 0 aliphatic carbocycles. The van der Waals surface area contributed by atoms with Crippen LogP contribution in [0.3, 0.4) is 0 Å². The Balaban J connectivity index is 1.76. The number of ether oxygens (including phenoxy) is 2. The van der Waals surface area contributed by atoms with Gasteiger partial charge in [0, 0.05) is 1.37 Å². The van der Waals surface area contributed by atoms with E-state index in [0.717, 1.165) is 6.42 Å². The molecule has 0 aromatic heterocycles. The molecule has 2 saturated heterocycles. The fourth-order valence-corrected chi connectivity index (χ4v) is 3.01. The highest BCUT2D eigenvalue weighted by molar-refractivity contribution is 6.47. The Morgan fingerprint density at radius 1 is 1.08 bits per heavy atom. The van der Waals surface area contributed by atoms with Gasteiger partial charge in [0.2, 0.25) is 0 Å². The molecule has 0 bridgehead atoms. The monoisotopic (exact) mass is 333 g/mol. The topological polar surface area (TPSA) is 36.9 Å². The second kappa shape index (κ2) is 7.16. The predicted octanol–water partition coefficient (Wildman–Crippen LogP) is 3.84. The third-order valence-electron chi connectivity index (χ3n) is 5.28. The van der Waals surface area contributed by atoms with Crippen LogP contribution in [0.5, 0.6) is 0 Å². The van der Waals surface area contributed by atoms with Crippen molar-refractivity contribution in [3.05, 3.63) is 35.9 Å². The zero-order chi connectivity index (χ0) is 18.1. The van der Waals surface area contributed by atoms with Crippen molar-refractivity contribution in [1.29, 1.82) is 0 Å². The summed E-state index contributed by atoms with van der Waals surface area (Å²) in [6.07, 6.45) is 1.50. The van der Waals surface area contributed by atoms with Crippen molar-refractivity contribution in [2.45, 2.75) is 70.2 Å². The van der Waals surface area contributed by atoms with Crippen molar-refractivity contribution in [3.63, 3.8) is 0 Å². The molecule has 0 amide bonds. The quantitative estimate of drug-likeness (QED) is 0.741. The Morgan fingerprint density at radius 3 is 2.25 bits per heavy atom. The van der Waals surface area contributed by atoms with Crippen LogP contribution in [0.4, 0.5) is 0 Å². The smallest absolute Gasteiger partial charge is 0.403 e. The molecule has 2 aliphatic heterocycles. The van der Waals surface area contributed by atoms with Crippen molar-refractivity contribution >= 4 is 7.12 Å². The van der Waals surface area contributed by atoms with Crippen molar-refractivity contribution in [1.82, 2.24) is 0 Å². The summed E-state index contributed by atoms with van der Waals surface area (Å²) in [7, 11) is -0.603. The molecule has 0 spiro atoms. The standard InChI is InChI=1S/C19H29BO4/c1-18(2)19(3,4)24-20(23-18)16(14-17-21-12-13-22-17)11-10-15-8-6-5-7-9-15/h5-9,16-17H,10-14H2,1-4H3/t16-/m0/s1/i16D. The lowest BCUT2D eigenvalue weighted by molar-refractivity contribution is -0.0495. The van der Waals surface area contributed by atoms with Crippen LogP contribution >= 0.6 is 0 Å². The minimum Gasteiger partial charge on any atom is -0.403 e. The first-order valence-corrected chi connectivity index (χ1v) is 8.85. The van der Waals surface area contributed by atoms with Gasteiger partial charge < -0.3 is 18.8 Å². The summed E-state index contributed by atoms with van der Waals surface area (Å²) in [5, 5.41) is 0. The minimum absolute atomic E-state index is 0.354. The van der Waals surface area contributed by atoms with Crippen LogP contribution in [-0.4, -0.2) is 37.8 Å². The third kappa shape index (κ3) is 4.02. The molecule has 1 aromatic carbocycles. The number of aryl methyl sites for hydroxylation is 1. The number of hydrogen-bond acceptors (Lipinski definition) is 4. The van der Waals surface area contributed by atoms with Gasteiger partial charge in [0.15, 0.2) is 6.29 Å². The van der Waals surface area contributed by atoms with Crippen LogP contribution in [-0.2, 0) is 25.2 Å². The second-order valence-corrected chi connectivity index (χ2v) is 7.61. The van der Waals surface area contributed by atoms with E-state index in [-0.39, 0.29) is 6.29 Å². The molecule has 3 rings (SSSR count). The molecule has 2 heterocycles. The van der Waals surface area contributed by atoms with Crippen molar-refractivity contribution in [2.75, 3.05) is 13.2 Å². The lowest BCUT2D eigenvalue weighted by Gasteiger charge is -2.32. The molecule has 1 aromatic rings. The molecule has 24 heavy (non-hydrogen) atoms. The summed E-state index contributed by atoms with van der Waals surface area (Å²) < 4.78 is 32.8. The van der Waals surface area contributed by atoms with E-state index in [1.807, 2.05) is 45.9 Å². The molecular formula is C19H29BO4. The summed E-state index contributed by atoms with van der Waals surface area (Å²) in [4.78, 5) is 0. The first-order chi connectivity index (χ1) is 11.7. The van der Waals surface area contributed by atoms with Crippen molar-refractivity contribution < 1.29 is 20.2 Å². The van der Waals surface area contributed by atoms with Gasteiger partial charge in [-0.2, -0.15) is 0 Å². The van der Waals surface area contributed by atoms with Crippen LogP contribution in [0.15, 0.2) is 30.3 Å². The molecule has 2 aliphatic rings. The first kappa shape index (κ1) is 16.6. The summed E-state index contributed by atoms with van der Waals surface area (Å²) in [5.74, 6) is -0.935. The normalized spacial score (nSPS) is 26.3. The Kier molecular flexibility index (Phi) is 4.95. The van der Waals surface area contributed by atoms with Crippen LogP contribution < -0.4 is 0 Å². The Hall–Kier alpha value is -0.875. The van der Waals surface area contributed by atoms with Gasteiger partial charge in [-0.05, 0) is 58.3 Å². The minimum atomic E-state index is -0.935. The fraction of sp³-hybridized carbons (Fsp3) is 0.684. The van der Waals surface area contributed by atoms with Crippen LogP contribution in [0.25, 0.3) is 0 Å². The number of benzene rings is 1. The van der Waals surface area contributed by atoms with Gasteiger partial charge in [0.1, 0.15) is 0 Å². The Morgan fingerprint density at radius 2 is 1.67 bits per heavy atom.